The van der Waals surface area contributed by atoms with Gasteiger partial charge < -0.3 is 9.73 Å². The third-order valence-electron chi connectivity index (χ3n) is 3.81. The van der Waals surface area contributed by atoms with Crippen LogP contribution in [-0.2, 0) is 0 Å². The van der Waals surface area contributed by atoms with Gasteiger partial charge in [0.25, 0.3) is 5.91 Å². The second kappa shape index (κ2) is 6.50. The number of rotatable bonds is 3. The molecule has 0 aliphatic heterocycles. The summed E-state index contributed by atoms with van der Waals surface area (Å²) in [5.41, 5.74) is 1.86. The van der Waals surface area contributed by atoms with Gasteiger partial charge in [0.05, 0.1) is 17.4 Å². The smallest absolute Gasteiger partial charge is 0.336 e. The van der Waals surface area contributed by atoms with Crippen LogP contribution in [-0.4, -0.2) is 15.7 Å². The number of carbonyl (C=O) groups is 1. The Morgan fingerprint density at radius 2 is 1.88 bits per heavy atom. The fourth-order valence-electron chi connectivity index (χ4n) is 2.53. The van der Waals surface area contributed by atoms with E-state index in [4.69, 9.17) is 16.0 Å². The summed E-state index contributed by atoms with van der Waals surface area (Å²) in [6.07, 6.45) is 3.13. The van der Waals surface area contributed by atoms with Crippen LogP contribution in [0.3, 0.4) is 0 Å². The first kappa shape index (κ1) is 16.1. The lowest BCUT2D eigenvalue weighted by atomic mass is 10.2. The Bertz CT molecular complexity index is 1160. The van der Waals surface area contributed by atoms with E-state index in [1.807, 2.05) is 12.1 Å². The highest BCUT2D eigenvalue weighted by Crippen LogP contribution is 2.19. The third kappa shape index (κ3) is 3.22. The molecule has 2 heterocycles. The molecule has 7 heteroatoms. The highest BCUT2D eigenvalue weighted by molar-refractivity contribution is 6.30. The fraction of sp³-hybridized carbons (Fsp3) is 0. The first-order chi connectivity index (χ1) is 12.6. The molecular formula is C19H12ClN3O3. The Morgan fingerprint density at radius 3 is 2.69 bits per heavy atom. The summed E-state index contributed by atoms with van der Waals surface area (Å²) in [6.45, 7) is 0. The van der Waals surface area contributed by atoms with Crippen molar-refractivity contribution in [1.82, 2.24) is 9.78 Å². The molecule has 4 aromatic rings. The quantitative estimate of drug-likeness (QED) is 0.559. The summed E-state index contributed by atoms with van der Waals surface area (Å²) < 4.78 is 6.67. The van der Waals surface area contributed by atoms with Crippen LogP contribution in [0.2, 0.25) is 5.02 Å². The molecule has 0 aliphatic carbocycles. The number of benzene rings is 2. The van der Waals surface area contributed by atoms with Crippen molar-refractivity contribution in [3.05, 3.63) is 88.0 Å². The van der Waals surface area contributed by atoms with Gasteiger partial charge in [-0.3, -0.25) is 4.79 Å². The largest absolute Gasteiger partial charge is 0.423 e. The molecule has 0 radical (unpaired) electrons. The average molecular weight is 366 g/mol. The van der Waals surface area contributed by atoms with Gasteiger partial charge in [0, 0.05) is 28.4 Å². The molecule has 0 bridgehead atoms. The predicted molar refractivity (Wildman–Crippen MR) is 99.0 cm³/mol. The number of anilines is 1. The van der Waals surface area contributed by atoms with Crippen LogP contribution in [0.1, 0.15) is 10.4 Å². The van der Waals surface area contributed by atoms with Crippen LogP contribution < -0.4 is 10.9 Å². The van der Waals surface area contributed by atoms with Crippen molar-refractivity contribution in [3.63, 3.8) is 0 Å². The molecule has 2 aromatic heterocycles. The van der Waals surface area contributed by atoms with E-state index in [-0.39, 0.29) is 5.91 Å². The molecule has 4 rings (SSSR count). The highest BCUT2D eigenvalue weighted by Gasteiger charge is 2.10. The van der Waals surface area contributed by atoms with Gasteiger partial charge in [0.1, 0.15) is 5.58 Å². The minimum absolute atomic E-state index is 0.290. The summed E-state index contributed by atoms with van der Waals surface area (Å²) in [5.74, 6) is -0.290. The molecule has 0 saturated heterocycles. The van der Waals surface area contributed by atoms with Crippen molar-refractivity contribution in [2.45, 2.75) is 0 Å². The van der Waals surface area contributed by atoms with E-state index in [0.717, 1.165) is 11.1 Å². The maximum absolute atomic E-state index is 12.4. The number of hydrogen-bond donors (Lipinski definition) is 1. The van der Waals surface area contributed by atoms with Crippen LogP contribution >= 0.6 is 11.6 Å². The highest BCUT2D eigenvalue weighted by atomic mass is 35.5. The maximum atomic E-state index is 12.4. The zero-order chi connectivity index (χ0) is 18.1. The van der Waals surface area contributed by atoms with Crippen molar-refractivity contribution in [3.8, 4) is 5.69 Å². The van der Waals surface area contributed by atoms with Gasteiger partial charge in [-0.2, -0.15) is 5.10 Å². The lowest BCUT2D eigenvalue weighted by molar-refractivity contribution is 0.102. The van der Waals surface area contributed by atoms with Crippen LogP contribution in [0.25, 0.3) is 16.7 Å². The number of halogens is 1. The second-order valence-corrected chi connectivity index (χ2v) is 6.05. The van der Waals surface area contributed by atoms with Gasteiger partial charge in [-0.05, 0) is 48.5 Å². The predicted octanol–water partition coefficient (Wildman–Crippen LogP) is 3.88. The lowest BCUT2D eigenvalue weighted by Gasteiger charge is -2.04. The van der Waals surface area contributed by atoms with E-state index in [9.17, 15) is 9.59 Å². The molecule has 26 heavy (non-hydrogen) atoms. The monoisotopic (exact) mass is 365 g/mol. The topological polar surface area (TPSA) is 77.1 Å². The van der Waals surface area contributed by atoms with Gasteiger partial charge in [-0.15, -0.1) is 0 Å². The molecule has 0 fully saturated rings. The van der Waals surface area contributed by atoms with Crippen LogP contribution in [0.5, 0.6) is 0 Å². The van der Waals surface area contributed by atoms with Crippen LogP contribution in [0, 0.1) is 0 Å². The second-order valence-electron chi connectivity index (χ2n) is 5.61. The zero-order valence-corrected chi connectivity index (χ0v) is 14.1. The molecule has 6 nitrogen and oxygen atoms in total. The van der Waals surface area contributed by atoms with E-state index in [0.29, 0.717) is 21.9 Å². The molecule has 0 saturated carbocycles. The summed E-state index contributed by atoms with van der Waals surface area (Å²) in [6, 6.07) is 15.2. The van der Waals surface area contributed by atoms with Gasteiger partial charge in [-0.25, -0.2) is 9.48 Å². The molecule has 2 aromatic carbocycles. The number of nitrogens with zero attached hydrogens (tertiary/aromatic N) is 2. The van der Waals surface area contributed by atoms with Crippen molar-refractivity contribution in [2.24, 2.45) is 0 Å². The third-order valence-corrected chi connectivity index (χ3v) is 4.07. The zero-order valence-electron chi connectivity index (χ0n) is 13.3. The van der Waals surface area contributed by atoms with Crippen molar-refractivity contribution >= 4 is 34.2 Å². The molecule has 1 amide bonds. The van der Waals surface area contributed by atoms with E-state index in [2.05, 4.69) is 10.4 Å². The summed E-state index contributed by atoms with van der Waals surface area (Å²) in [7, 11) is 0. The SMILES string of the molecule is O=C(Nc1ccc2oc(=O)ccc2c1)c1cnn(-c2ccc(Cl)cc2)c1. The van der Waals surface area contributed by atoms with Crippen molar-refractivity contribution < 1.29 is 9.21 Å². The normalized spacial score (nSPS) is 10.8. The van der Waals surface area contributed by atoms with Crippen molar-refractivity contribution in [1.29, 1.82) is 0 Å². The summed E-state index contributed by atoms with van der Waals surface area (Å²) in [4.78, 5) is 23.7. The van der Waals surface area contributed by atoms with Gasteiger partial charge in [0.15, 0.2) is 0 Å². The van der Waals surface area contributed by atoms with Gasteiger partial charge >= 0.3 is 5.63 Å². The molecule has 0 aliphatic rings. The van der Waals surface area contributed by atoms with Crippen LogP contribution in [0.15, 0.2) is 76.2 Å². The Balaban J connectivity index is 1.56. The van der Waals surface area contributed by atoms with E-state index >= 15 is 0 Å². The first-order valence-electron chi connectivity index (χ1n) is 7.74. The van der Waals surface area contributed by atoms with E-state index < -0.39 is 5.63 Å². The maximum Gasteiger partial charge on any atom is 0.336 e. The van der Waals surface area contributed by atoms with Gasteiger partial charge in [-0.1, -0.05) is 11.6 Å². The summed E-state index contributed by atoms with van der Waals surface area (Å²) >= 11 is 5.88. The number of carbonyl (C=O) groups excluding carboxylic acids is 1. The Labute approximate surface area is 152 Å². The standard InChI is InChI=1S/C19H12ClN3O3/c20-14-2-5-16(6-3-14)23-11-13(10-21-23)19(25)22-15-4-7-17-12(9-15)1-8-18(24)26-17/h1-11H,(H,22,25). The molecule has 0 spiro atoms. The van der Waals surface area contributed by atoms with Crippen molar-refractivity contribution in [2.75, 3.05) is 5.32 Å². The van der Waals surface area contributed by atoms with E-state index in [1.165, 1.54) is 12.3 Å². The summed E-state index contributed by atoms with van der Waals surface area (Å²) in [5, 5.41) is 8.36. The lowest BCUT2D eigenvalue weighted by Crippen LogP contribution is -2.11. The van der Waals surface area contributed by atoms with Gasteiger partial charge in [0.2, 0.25) is 0 Å². The van der Waals surface area contributed by atoms with Crippen LogP contribution in [0.4, 0.5) is 5.69 Å². The minimum Gasteiger partial charge on any atom is -0.423 e. The average Bonchev–Trinajstić information content (AvgIpc) is 3.13. The molecule has 128 valence electrons. The Hall–Kier alpha value is -3.38. The molecule has 1 N–H and O–H groups in total. The number of hydrogen-bond acceptors (Lipinski definition) is 4. The Kier molecular flexibility index (Phi) is 4.02. The minimum atomic E-state index is -0.413. The number of amides is 1. The fourth-order valence-corrected chi connectivity index (χ4v) is 2.65. The Morgan fingerprint density at radius 1 is 1.08 bits per heavy atom. The number of nitrogens with one attached hydrogen (secondary N) is 1. The number of aromatic nitrogens is 2. The van der Waals surface area contributed by atoms with E-state index in [1.54, 1.807) is 47.3 Å². The number of fused-ring (bicyclic) bond motifs is 1. The molecule has 0 atom stereocenters. The first-order valence-corrected chi connectivity index (χ1v) is 8.12. The molecule has 0 unspecified atom stereocenters. The molecular weight excluding hydrogens is 354 g/mol.